The molecule has 5 aromatic rings. The lowest BCUT2D eigenvalue weighted by atomic mass is 10.1. The molecule has 4 heterocycles. The largest absolute Gasteiger partial charge is 0.347 e. The van der Waals surface area contributed by atoms with Crippen LogP contribution >= 0.6 is 0 Å². The molecule has 1 amide bonds. The van der Waals surface area contributed by atoms with E-state index in [0.717, 1.165) is 24.2 Å². The lowest BCUT2D eigenvalue weighted by Gasteiger charge is -2.08. The number of fused-ring (bicyclic) bond motifs is 1. The zero-order chi connectivity index (χ0) is 24.5. The Bertz CT molecular complexity index is 1540. The molecular formula is C25H22FN9O. The summed E-state index contributed by atoms with van der Waals surface area (Å²) in [5, 5.41) is 7.16. The Morgan fingerprint density at radius 2 is 1.89 bits per heavy atom. The average molecular weight is 484 g/mol. The van der Waals surface area contributed by atoms with Crippen LogP contribution in [0.4, 0.5) is 4.39 Å². The molecule has 0 saturated heterocycles. The number of rotatable bonds is 6. The molecule has 0 spiro atoms. The summed E-state index contributed by atoms with van der Waals surface area (Å²) in [5.41, 5.74) is 3.89. The number of benzene rings is 1. The van der Waals surface area contributed by atoms with Crippen LogP contribution in [0.15, 0.2) is 55.6 Å². The van der Waals surface area contributed by atoms with Gasteiger partial charge in [0.05, 0.1) is 18.6 Å². The molecule has 0 aliphatic heterocycles. The van der Waals surface area contributed by atoms with Crippen LogP contribution in [0.3, 0.4) is 0 Å². The maximum Gasteiger partial charge on any atom is 0.272 e. The lowest BCUT2D eigenvalue weighted by molar-refractivity contribution is 0.0947. The summed E-state index contributed by atoms with van der Waals surface area (Å²) >= 11 is 0. The number of hydrogen-bond donors (Lipinski definition) is 2. The summed E-state index contributed by atoms with van der Waals surface area (Å²) in [6.07, 6.45) is 14.0. The summed E-state index contributed by atoms with van der Waals surface area (Å²) in [6.45, 7) is 0.124. The van der Waals surface area contributed by atoms with Crippen molar-refractivity contribution in [2.45, 2.75) is 38.1 Å². The topological polar surface area (TPSA) is 127 Å². The van der Waals surface area contributed by atoms with Crippen molar-refractivity contribution < 1.29 is 9.18 Å². The number of aromatic nitrogens is 8. The van der Waals surface area contributed by atoms with E-state index in [1.165, 1.54) is 37.6 Å². The van der Waals surface area contributed by atoms with Crippen molar-refractivity contribution in [2.24, 2.45) is 0 Å². The van der Waals surface area contributed by atoms with Gasteiger partial charge >= 0.3 is 0 Å². The maximum absolute atomic E-state index is 14.5. The Morgan fingerprint density at radius 3 is 2.72 bits per heavy atom. The van der Waals surface area contributed by atoms with Crippen LogP contribution in [0.1, 0.15) is 53.5 Å². The van der Waals surface area contributed by atoms with E-state index in [-0.39, 0.29) is 18.1 Å². The number of hydrogen-bond acceptors (Lipinski definition) is 7. The van der Waals surface area contributed by atoms with Gasteiger partial charge in [-0.15, -0.1) is 0 Å². The van der Waals surface area contributed by atoms with Crippen LogP contribution in [0.2, 0.25) is 0 Å². The molecule has 10 nitrogen and oxygen atoms in total. The van der Waals surface area contributed by atoms with Crippen LogP contribution in [-0.2, 0) is 6.54 Å². The number of carbonyl (C=O) groups is 1. The highest BCUT2D eigenvalue weighted by Gasteiger charge is 2.23. The van der Waals surface area contributed by atoms with Crippen LogP contribution < -0.4 is 5.32 Å². The van der Waals surface area contributed by atoms with Crippen LogP contribution in [0, 0.1) is 5.82 Å². The van der Waals surface area contributed by atoms with E-state index < -0.39 is 5.82 Å². The fraction of sp³-hybridized carbons (Fsp3) is 0.240. The molecule has 180 valence electrons. The van der Waals surface area contributed by atoms with Gasteiger partial charge in [-0.2, -0.15) is 5.10 Å². The van der Waals surface area contributed by atoms with Crippen LogP contribution in [0.5, 0.6) is 0 Å². The zero-order valence-electron chi connectivity index (χ0n) is 19.2. The first-order valence-corrected chi connectivity index (χ1v) is 11.7. The molecule has 4 aromatic heterocycles. The predicted molar refractivity (Wildman–Crippen MR) is 129 cm³/mol. The molecule has 1 aliphatic rings. The molecular weight excluding hydrogens is 461 g/mol. The number of nitrogens with one attached hydrogen (secondary N) is 2. The second-order valence-electron chi connectivity index (χ2n) is 8.83. The normalized spacial score (nSPS) is 13.9. The van der Waals surface area contributed by atoms with Gasteiger partial charge in [0.15, 0.2) is 11.3 Å². The van der Waals surface area contributed by atoms with Crippen molar-refractivity contribution in [2.75, 3.05) is 0 Å². The number of carbonyl (C=O) groups excluding carboxylic acids is 1. The third-order valence-corrected chi connectivity index (χ3v) is 6.40. The van der Waals surface area contributed by atoms with Crippen LogP contribution in [0.25, 0.3) is 28.0 Å². The van der Waals surface area contributed by atoms with Crippen molar-refractivity contribution in [1.82, 2.24) is 45.0 Å². The minimum Gasteiger partial charge on any atom is -0.347 e. The highest BCUT2D eigenvalue weighted by Crippen LogP contribution is 2.33. The van der Waals surface area contributed by atoms with Crippen molar-refractivity contribution in [3.63, 3.8) is 0 Å². The van der Waals surface area contributed by atoms with Gasteiger partial charge in [0.1, 0.15) is 35.5 Å². The smallest absolute Gasteiger partial charge is 0.272 e. The van der Waals surface area contributed by atoms with Gasteiger partial charge in [0.2, 0.25) is 0 Å². The Labute approximate surface area is 205 Å². The molecule has 0 bridgehead atoms. The molecule has 1 saturated carbocycles. The highest BCUT2D eigenvalue weighted by molar-refractivity contribution is 6.02. The van der Waals surface area contributed by atoms with Gasteiger partial charge < -0.3 is 10.3 Å². The second-order valence-corrected chi connectivity index (χ2v) is 8.83. The molecule has 2 N–H and O–H groups in total. The summed E-state index contributed by atoms with van der Waals surface area (Å²) in [7, 11) is 0. The number of nitrogens with zero attached hydrogens (tertiary/aromatic N) is 7. The van der Waals surface area contributed by atoms with Gasteiger partial charge in [-0.3, -0.25) is 4.79 Å². The fourth-order valence-electron chi connectivity index (χ4n) is 4.62. The van der Waals surface area contributed by atoms with Gasteiger partial charge in [0, 0.05) is 24.2 Å². The molecule has 6 rings (SSSR count). The molecule has 0 unspecified atom stereocenters. The van der Waals surface area contributed by atoms with E-state index in [0.29, 0.717) is 33.9 Å². The molecule has 1 fully saturated rings. The fourth-order valence-corrected chi connectivity index (χ4v) is 4.62. The standard InChI is InChI=1S/C25H22FN9O/c26-19-6-15(5-17(7-19)18-9-32-35(12-18)20-10-27-13-28-11-20)8-29-25(36)22-21-24(31-14-30-22)34-23(33-21)16-3-1-2-4-16/h5-7,9-14,16H,1-4,8H2,(H,29,36)(H,30,31,33,34). The zero-order valence-corrected chi connectivity index (χ0v) is 19.2. The minimum atomic E-state index is -0.410. The monoisotopic (exact) mass is 483 g/mol. The summed E-state index contributed by atoms with van der Waals surface area (Å²) in [6, 6.07) is 4.64. The first-order chi connectivity index (χ1) is 17.6. The van der Waals surface area contributed by atoms with E-state index in [1.807, 2.05) is 6.07 Å². The van der Waals surface area contributed by atoms with E-state index >= 15 is 0 Å². The van der Waals surface area contributed by atoms with Crippen molar-refractivity contribution >= 4 is 17.1 Å². The first kappa shape index (κ1) is 22.0. The summed E-state index contributed by atoms with van der Waals surface area (Å²) in [4.78, 5) is 37.2. The average Bonchev–Trinajstić information content (AvgIpc) is 3.67. The van der Waals surface area contributed by atoms with E-state index in [9.17, 15) is 9.18 Å². The molecule has 0 radical (unpaired) electrons. The molecule has 11 heteroatoms. The molecule has 1 aliphatic carbocycles. The molecule has 0 atom stereocenters. The number of imidazole rings is 1. The summed E-state index contributed by atoms with van der Waals surface area (Å²) < 4.78 is 16.1. The molecule has 1 aromatic carbocycles. The lowest BCUT2D eigenvalue weighted by Crippen LogP contribution is -2.24. The number of H-pyrrole nitrogens is 1. The van der Waals surface area contributed by atoms with E-state index in [4.69, 9.17) is 0 Å². The first-order valence-electron chi connectivity index (χ1n) is 11.7. The Hall–Kier alpha value is -4.54. The Morgan fingerprint density at radius 1 is 1.06 bits per heavy atom. The van der Waals surface area contributed by atoms with Crippen LogP contribution in [-0.4, -0.2) is 45.6 Å². The van der Waals surface area contributed by atoms with Crippen molar-refractivity contribution in [1.29, 1.82) is 0 Å². The number of halogens is 1. The van der Waals surface area contributed by atoms with Gasteiger partial charge in [-0.1, -0.05) is 12.8 Å². The van der Waals surface area contributed by atoms with Gasteiger partial charge in [-0.25, -0.2) is 34.0 Å². The SMILES string of the molecule is O=C(NCc1cc(F)cc(-c2cnn(-c3cncnc3)c2)c1)c1ncnc2nc(C3CCCC3)[nH]c12. The number of aromatic amines is 1. The van der Waals surface area contributed by atoms with Gasteiger partial charge in [0.25, 0.3) is 5.91 Å². The predicted octanol–water partition coefficient (Wildman–Crippen LogP) is 3.72. The quantitative estimate of drug-likeness (QED) is 0.377. The second kappa shape index (κ2) is 9.25. The highest BCUT2D eigenvalue weighted by atomic mass is 19.1. The maximum atomic E-state index is 14.5. The number of amides is 1. The third kappa shape index (κ3) is 4.30. The van der Waals surface area contributed by atoms with Crippen molar-refractivity contribution in [3.05, 3.63) is 78.5 Å². The van der Waals surface area contributed by atoms with E-state index in [2.05, 4.69) is 40.3 Å². The van der Waals surface area contributed by atoms with Crippen molar-refractivity contribution in [3.8, 4) is 16.8 Å². The third-order valence-electron chi connectivity index (χ3n) is 6.40. The van der Waals surface area contributed by atoms with E-state index in [1.54, 1.807) is 29.5 Å². The minimum absolute atomic E-state index is 0.124. The molecule has 36 heavy (non-hydrogen) atoms. The Balaban J connectivity index is 1.21. The summed E-state index contributed by atoms with van der Waals surface area (Å²) in [5.74, 6) is 0.424. The van der Waals surface area contributed by atoms with Gasteiger partial charge in [-0.05, 0) is 42.2 Å². The Kier molecular flexibility index (Phi) is 5.64.